The topological polar surface area (TPSA) is 76.5 Å². The Morgan fingerprint density at radius 3 is 2.53 bits per heavy atom. The molecule has 0 unspecified atom stereocenters. The third kappa shape index (κ3) is 4.83. The van der Waals surface area contributed by atoms with E-state index in [1.54, 1.807) is 12.1 Å². The molecule has 162 valence electrons. The Labute approximate surface area is 178 Å². The number of aryl methyl sites for hydroxylation is 2. The normalized spacial score (nSPS) is 12.1. The van der Waals surface area contributed by atoms with E-state index >= 15 is 0 Å². The van der Waals surface area contributed by atoms with Crippen molar-refractivity contribution in [2.75, 3.05) is 34.3 Å². The largest absolute Gasteiger partial charge is 0.495 e. The van der Waals surface area contributed by atoms with Gasteiger partial charge >= 0.3 is 0 Å². The summed E-state index contributed by atoms with van der Waals surface area (Å²) in [5, 5.41) is 0. The van der Waals surface area contributed by atoms with Crippen LogP contribution in [-0.4, -0.2) is 57.2 Å². The molecule has 0 aliphatic rings. The van der Waals surface area contributed by atoms with E-state index in [0.717, 1.165) is 41.1 Å². The summed E-state index contributed by atoms with van der Waals surface area (Å²) in [6.45, 7) is 5.74. The maximum atomic E-state index is 12.9. The zero-order chi connectivity index (χ0) is 21.9. The maximum absolute atomic E-state index is 12.9. The van der Waals surface area contributed by atoms with Crippen LogP contribution in [-0.2, 0) is 23.0 Å². The number of likely N-dealkylation sites (N-methyl/N-ethyl adjacent to an activating group) is 1. The van der Waals surface area contributed by atoms with Crippen LogP contribution < -0.4 is 9.46 Å². The molecule has 0 spiro atoms. The van der Waals surface area contributed by atoms with E-state index in [9.17, 15) is 8.42 Å². The molecule has 0 fully saturated rings. The molecule has 2 aromatic carbocycles. The number of para-hydroxylation sites is 2. The van der Waals surface area contributed by atoms with Gasteiger partial charge in [0.2, 0.25) is 10.0 Å². The van der Waals surface area contributed by atoms with E-state index in [2.05, 4.69) is 14.2 Å². The van der Waals surface area contributed by atoms with Crippen LogP contribution >= 0.6 is 0 Å². The average Bonchev–Trinajstić information content (AvgIpc) is 3.05. The number of sulfonamides is 1. The Hall–Kier alpha value is -2.42. The lowest BCUT2D eigenvalue weighted by molar-refractivity contribution is 0.383. The number of benzene rings is 2. The van der Waals surface area contributed by atoms with Gasteiger partial charge in [-0.15, -0.1) is 0 Å². The Balaban J connectivity index is 1.80. The van der Waals surface area contributed by atoms with Crippen molar-refractivity contribution in [3.05, 3.63) is 53.3 Å². The molecular formula is C22H30N4O3S. The molecule has 3 rings (SSSR count). The Morgan fingerprint density at radius 2 is 1.83 bits per heavy atom. The van der Waals surface area contributed by atoms with E-state index in [1.807, 2.05) is 52.2 Å². The summed E-state index contributed by atoms with van der Waals surface area (Å²) in [6.07, 6.45) is 0.495. The third-order valence-corrected chi connectivity index (χ3v) is 6.70. The summed E-state index contributed by atoms with van der Waals surface area (Å²) < 4.78 is 36.0. The first-order chi connectivity index (χ1) is 14.2. The average molecular weight is 431 g/mol. The minimum atomic E-state index is -3.70. The van der Waals surface area contributed by atoms with Gasteiger partial charge in [0.05, 0.1) is 18.1 Å². The number of methoxy groups -OCH3 is 1. The van der Waals surface area contributed by atoms with Crippen LogP contribution in [0, 0.1) is 13.8 Å². The summed E-state index contributed by atoms with van der Waals surface area (Å²) in [5.74, 6) is 1.22. The van der Waals surface area contributed by atoms with Crippen molar-refractivity contribution in [3.63, 3.8) is 0 Å². The lowest BCUT2D eigenvalue weighted by Crippen LogP contribution is -2.27. The molecule has 0 amide bonds. The van der Waals surface area contributed by atoms with Gasteiger partial charge in [0.25, 0.3) is 0 Å². The predicted octanol–water partition coefficient (Wildman–Crippen LogP) is 2.74. The zero-order valence-corrected chi connectivity index (χ0v) is 19.1. The highest BCUT2D eigenvalue weighted by Crippen LogP contribution is 2.27. The Kier molecular flexibility index (Phi) is 6.80. The van der Waals surface area contributed by atoms with Crippen LogP contribution in [0.1, 0.15) is 17.0 Å². The molecule has 0 atom stereocenters. The van der Waals surface area contributed by atoms with Gasteiger partial charge in [-0.25, -0.2) is 18.1 Å². The van der Waals surface area contributed by atoms with Crippen molar-refractivity contribution in [2.24, 2.45) is 0 Å². The predicted molar refractivity (Wildman–Crippen MR) is 120 cm³/mol. The third-order valence-electron chi connectivity index (χ3n) is 5.21. The molecule has 8 heteroatoms. The highest BCUT2D eigenvalue weighted by atomic mass is 32.2. The number of imidazole rings is 1. The smallest absolute Gasteiger partial charge is 0.244 e. The molecule has 0 aliphatic heterocycles. The molecule has 1 heterocycles. The van der Waals surface area contributed by atoms with Crippen molar-refractivity contribution in [2.45, 2.75) is 31.7 Å². The number of hydrogen-bond donors (Lipinski definition) is 1. The molecule has 7 nitrogen and oxygen atoms in total. The van der Waals surface area contributed by atoms with Gasteiger partial charge in [0.1, 0.15) is 16.5 Å². The molecule has 0 saturated carbocycles. The van der Waals surface area contributed by atoms with Crippen molar-refractivity contribution in [1.82, 2.24) is 19.2 Å². The van der Waals surface area contributed by atoms with Gasteiger partial charge < -0.3 is 14.2 Å². The fraction of sp³-hybridized carbons (Fsp3) is 0.409. The molecule has 0 aliphatic carbocycles. The van der Waals surface area contributed by atoms with Gasteiger partial charge in [-0.05, 0) is 63.3 Å². The fourth-order valence-corrected chi connectivity index (χ4v) is 4.64. The van der Waals surface area contributed by atoms with E-state index in [0.29, 0.717) is 12.2 Å². The van der Waals surface area contributed by atoms with Crippen LogP contribution in [0.5, 0.6) is 5.75 Å². The van der Waals surface area contributed by atoms with Crippen molar-refractivity contribution in [3.8, 4) is 5.75 Å². The fourth-order valence-electron chi connectivity index (χ4n) is 3.37. The second kappa shape index (κ2) is 9.16. The van der Waals surface area contributed by atoms with Gasteiger partial charge in [0, 0.05) is 26.1 Å². The highest BCUT2D eigenvalue weighted by Gasteiger charge is 2.21. The summed E-state index contributed by atoms with van der Waals surface area (Å²) in [5.41, 5.74) is 3.88. The molecule has 3 aromatic rings. The van der Waals surface area contributed by atoms with Crippen LogP contribution in [0.2, 0.25) is 0 Å². The van der Waals surface area contributed by atoms with Gasteiger partial charge in [-0.2, -0.15) is 0 Å². The van der Waals surface area contributed by atoms with Gasteiger partial charge in [-0.1, -0.05) is 12.1 Å². The second-order valence-corrected chi connectivity index (χ2v) is 9.44. The summed E-state index contributed by atoms with van der Waals surface area (Å²) in [7, 11) is 1.84. The van der Waals surface area contributed by atoms with Crippen LogP contribution in [0.25, 0.3) is 11.0 Å². The quantitative estimate of drug-likeness (QED) is 0.565. The number of fused-ring (bicyclic) bond motifs is 1. The SMILES string of the molecule is COc1cc(C)c(C)cc1S(=O)(=O)NCCc1nc2ccccc2n1CCN(C)C. The standard InChI is InChI=1S/C22H30N4O3S/c1-16-14-20(29-5)21(15-17(16)2)30(27,28)23-11-10-22-24-18-8-6-7-9-19(18)26(22)13-12-25(3)4/h6-9,14-15,23H,10-13H2,1-5H3. The molecule has 1 N–H and O–H groups in total. The first kappa shape index (κ1) is 22.3. The number of hydrogen-bond acceptors (Lipinski definition) is 5. The maximum Gasteiger partial charge on any atom is 0.244 e. The Morgan fingerprint density at radius 1 is 1.13 bits per heavy atom. The highest BCUT2D eigenvalue weighted by molar-refractivity contribution is 7.89. The molecule has 0 bridgehead atoms. The summed E-state index contributed by atoms with van der Waals surface area (Å²) >= 11 is 0. The number of rotatable bonds is 9. The summed E-state index contributed by atoms with van der Waals surface area (Å²) in [6, 6.07) is 11.4. The zero-order valence-electron chi connectivity index (χ0n) is 18.3. The van der Waals surface area contributed by atoms with E-state index in [4.69, 9.17) is 9.72 Å². The van der Waals surface area contributed by atoms with Gasteiger partial charge in [0.15, 0.2) is 0 Å². The number of ether oxygens (including phenoxy) is 1. The first-order valence-corrected chi connectivity index (χ1v) is 11.4. The molecular weight excluding hydrogens is 400 g/mol. The number of nitrogens with zero attached hydrogens (tertiary/aromatic N) is 3. The molecule has 0 radical (unpaired) electrons. The van der Waals surface area contributed by atoms with Crippen LogP contribution in [0.4, 0.5) is 0 Å². The lowest BCUT2D eigenvalue weighted by atomic mass is 10.1. The Bertz CT molecular complexity index is 1140. The van der Waals surface area contributed by atoms with Crippen LogP contribution in [0.15, 0.2) is 41.3 Å². The van der Waals surface area contributed by atoms with Crippen molar-refractivity contribution in [1.29, 1.82) is 0 Å². The van der Waals surface area contributed by atoms with E-state index in [-0.39, 0.29) is 11.4 Å². The van der Waals surface area contributed by atoms with E-state index in [1.165, 1.54) is 7.11 Å². The number of nitrogens with one attached hydrogen (secondary N) is 1. The van der Waals surface area contributed by atoms with Crippen LogP contribution in [0.3, 0.4) is 0 Å². The van der Waals surface area contributed by atoms with Crippen molar-refractivity contribution < 1.29 is 13.2 Å². The molecule has 1 aromatic heterocycles. The minimum absolute atomic E-state index is 0.161. The van der Waals surface area contributed by atoms with E-state index < -0.39 is 10.0 Å². The monoisotopic (exact) mass is 430 g/mol. The van der Waals surface area contributed by atoms with Gasteiger partial charge in [-0.3, -0.25) is 0 Å². The minimum Gasteiger partial charge on any atom is -0.495 e. The summed E-state index contributed by atoms with van der Waals surface area (Å²) in [4.78, 5) is 7.01. The molecule has 0 saturated heterocycles. The lowest BCUT2D eigenvalue weighted by Gasteiger charge is -2.15. The first-order valence-electron chi connectivity index (χ1n) is 9.96. The number of aromatic nitrogens is 2. The molecule has 30 heavy (non-hydrogen) atoms. The van der Waals surface area contributed by atoms with Crippen molar-refractivity contribution >= 4 is 21.1 Å². The second-order valence-electron chi connectivity index (χ2n) is 7.71.